The Morgan fingerprint density at radius 1 is 1.00 bits per heavy atom. The van der Waals surface area contributed by atoms with E-state index in [9.17, 15) is 10.5 Å². The highest BCUT2D eigenvalue weighted by molar-refractivity contribution is 6.32. The van der Waals surface area contributed by atoms with Crippen LogP contribution in [-0.2, 0) is 13.2 Å². The number of nitrogens with zero attached hydrogens (tertiary/aromatic N) is 4. The van der Waals surface area contributed by atoms with Crippen molar-refractivity contribution in [2.24, 2.45) is 0 Å². The molecule has 1 saturated heterocycles. The zero-order valence-electron chi connectivity index (χ0n) is 23.1. The van der Waals surface area contributed by atoms with Gasteiger partial charge in [-0.05, 0) is 79.4 Å². The third kappa shape index (κ3) is 6.84. The van der Waals surface area contributed by atoms with E-state index in [1.165, 1.54) is 19.3 Å². The van der Waals surface area contributed by atoms with Crippen molar-refractivity contribution in [2.45, 2.75) is 45.4 Å². The Kier molecular flexibility index (Phi) is 9.12. The lowest BCUT2D eigenvalue weighted by atomic mass is 9.99. The summed E-state index contributed by atoms with van der Waals surface area (Å²) in [5, 5.41) is 19.9. The fourth-order valence-corrected chi connectivity index (χ4v) is 5.50. The summed E-state index contributed by atoms with van der Waals surface area (Å²) in [5.74, 6) is 0.751. The molecule has 0 spiro atoms. The molecule has 0 amide bonds. The number of hydrogen-bond donors (Lipinski definition) is 0. The zero-order chi connectivity index (χ0) is 28.6. The van der Waals surface area contributed by atoms with Crippen molar-refractivity contribution in [2.75, 3.05) is 6.54 Å². The van der Waals surface area contributed by atoms with Crippen LogP contribution >= 0.6 is 11.6 Å². The highest BCUT2D eigenvalue weighted by Gasteiger charge is 2.21. The molecule has 1 aliphatic rings. The predicted octanol–water partition coefficient (Wildman–Crippen LogP) is 8.27. The Bertz CT molecular complexity index is 1630. The third-order valence-electron chi connectivity index (χ3n) is 7.54. The average molecular weight is 559 g/mol. The summed E-state index contributed by atoms with van der Waals surface area (Å²) in [6.45, 7) is 4.40. The van der Waals surface area contributed by atoms with E-state index >= 15 is 0 Å². The van der Waals surface area contributed by atoms with Gasteiger partial charge in [0, 0.05) is 34.9 Å². The second kappa shape index (κ2) is 13.3. The maximum absolute atomic E-state index is 9.99. The van der Waals surface area contributed by atoms with Crippen molar-refractivity contribution >= 4 is 23.8 Å². The van der Waals surface area contributed by atoms with Crippen LogP contribution in [0.25, 0.3) is 23.3 Å². The molecule has 0 N–H and O–H groups in total. The number of halogens is 1. The molecule has 2 heterocycles. The molecule has 1 atom stereocenters. The molecular weight excluding hydrogens is 528 g/mol. The maximum Gasteiger partial charge on any atom is 0.125 e. The van der Waals surface area contributed by atoms with Gasteiger partial charge < -0.3 is 4.74 Å². The molecule has 5 rings (SSSR count). The normalized spacial score (nSPS) is 15.4. The molecule has 4 aromatic rings. The van der Waals surface area contributed by atoms with Gasteiger partial charge in [0.05, 0.1) is 22.9 Å². The number of likely N-dealkylation sites (tertiary alicyclic amines) is 1. The minimum atomic E-state index is 0.335. The van der Waals surface area contributed by atoms with Gasteiger partial charge in [-0.15, -0.1) is 0 Å². The summed E-state index contributed by atoms with van der Waals surface area (Å²) < 4.78 is 6.37. The average Bonchev–Trinajstić information content (AvgIpc) is 3.01. The summed E-state index contributed by atoms with van der Waals surface area (Å²) in [4.78, 5) is 6.96. The molecule has 5 nitrogen and oxygen atoms in total. The van der Waals surface area contributed by atoms with Crippen molar-refractivity contribution in [3.05, 3.63) is 118 Å². The number of nitriles is 2. The Hall–Kier alpha value is -4.42. The summed E-state index contributed by atoms with van der Waals surface area (Å²) >= 11 is 6.83. The molecule has 204 valence electrons. The van der Waals surface area contributed by atoms with Crippen molar-refractivity contribution < 1.29 is 4.74 Å². The number of pyridine rings is 1. The number of piperidine rings is 1. The van der Waals surface area contributed by atoms with Gasteiger partial charge in [-0.25, -0.2) is 0 Å². The van der Waals surface area contributed by atoms with Crippen molar-refractivity contribution in [3.63, 3.8) is 0 Å². The Balaban J connectivity index is 1.47. The van der Waals surface area contributed by atoms with Crippen LogP contribution in [0.2, 0.25) is 5.02 Å². The van der Waals surface area contributed by atoms with Crippen LogP contribution in [0.5, 0.6) is 5.75 Å². The summed E-state index contributed by atoms with van der Waals surface area (Å²) in [7, 11) is 0. The first kappa shape index (κ1) is 28.1. The van der Waals surface area contributed by atoms with Gasteiger partial charge in [0.2, 0.25) is 0 Å². The van der Waals surface area contributed by atoms with E-state index in [1.54, 1.807) is 12.3 Å². The lowest BCUT2D eigenvalue weighted by molar-refractivity contribution is 0.150. The molecule has 0 saturated carbocycles. The Morgan fingerprint density at radius 2 is 1.85 bits per heavy atom. The van der Waals surface area contributed by atoms with Gasteiger partial charge >= 0.3 is 0 Å². The fourth-order valence-electron chi connectivity index (χ4n) is 5.25. The van der Waals surface area contributed by atoms with E-state index in [0.717, 1.165) is 46.7 Å². The first-order chi connectivity index (χ1) is 20.1. The summed E-state index contributed by atoms with van der Waals surface area (Å²) in [5.41, 5.74) is 6.22. The van der Waals surface area contributed by atoms with Crippen LogP contribution in [0.1, 0.15) is 59.7 Å². The highest BCUT2D eigenvalue weighted by atomic mass is 35.5. The number of ether oxygens (including phenoxy) is 1. The van der Waals surface area contributed by atoms with Crippen molar-refractivity contribution in [1.29, 1.82) is 10.5 Å². The molecule has 3 aromatic carbocycles. The van der Waals surface area contributed by atoms with Crippen LogP contribution in [0.4, 0.5) is 0 Å². The van der Waals surface area contributed by atoms with Gasteiger partial charge in [0.15, 0.2) is 0 Å². The Labute approximate surface area is 246 Å². The summed E-state index contributed by atoms with van der Waals surface area (Å²) in [6, 6.07) is 28.1. The Morgan fingerprint density at radius 3 is 2.63 bits per heavy atom. The SMILES string of the molecule is C[C@@H]1CCCCN1Cc1cc(Cl)c(/C=C/c2nccc(-c3ccccc3)c2C#N)cc1OCc1cccc(C#N)c1. The molecule has 6 heteroatoms. The minimum absolute atomic E-state index is 0.335. The molecule has 1 aliphatic heterocycles. The number of rotatable bonds is 8. The van der Waals surface area contributed by atoms with E-state index < -0.39 is 0 Å². The first-order valence-electron chi connectivity index (χ1n) is 13.9. The molecular formula is C35H31ClN4O. The molecule has 0 unspecified atom stereocenters. The highest BCUT2D eigenvalue weighted by Crippen LogP contribution is 2.33. The van der Waals surface area contributed by atoms with Crippen LogP contribution in [-0.4, -0.2) is 22.5 Å². The zero-order valence-corrected chi connectivity index (χ0v) is 23.8. The second-order valence-electron chi connectivity index (χ2n) is 10.3. The van der Waals surface area contributed by atoms with Gasteiger partial charge in [0.25, 0.3) is 0 Å². The topological polar surface area (TPSA) is 72.9 Å². The van der Waals surface area contributed by atoms with Crippen LogP contribution in [0.15, 0.2) is 79.0 Å². The second-order valence-corrected chi connectivity index (χ2v) is 10.7. The van der Waals surface area contributed by atoms with Crippen LogP contribution in [0.3, 0.4) is 0 Å². The van der Waals surface area contributed by atoms with E-state index in [-0.39, 0.29) is 0 Å². The summed E-state index contributed by atoms with van der Waals surface area (Å²) in [6.07, 6.45) is 9.06. The molecule has 1 fully saturated rings. The van der Waals surface area contributed by atoms with E-state index in [0.29, 0.717) is 34.5 Å². The smallest absolute Gasteiger partial charge is 0.125 e. The van der Waals surface area contributed by atoms with Gasteiger partial charge in [-0.1, -0.05) is 66.6 Å². The lowest BCUT2D eigenvalue weighted by Crippen LogP contribution is -2.36. The standard InChI is InChI=1S/C35H31ClN4O/c1-25-8-5-6-17-40(25)23-30-19-33(36)29(20-35(30)41-24-27-10-7-9-26(18-27)21-37)13-14-34-32(22-38)31(15-16-39-34)28-11-3-2-4-12-28/h2-4,7,9-16,18-20,25H,5-6,8,17,23-24H2,1H3/b14-13+/t25-/m1/s1. The minimum Gasteiger partial charge on any atom is -0.489 e. The van der Waals surface area contributed by atoms with Crippen LogP contribution < -0.4 is 4.74 Å². The molecule has 0 bridgehead atoms. The first-order valence-corrected chi connectivity index (χ1v) is 14.2. The van der Waals surface area contributed by atoms with E-state index in [2.05, 4.69) is 28.9 Å². The van der Waals surface area contributed by atoms with Crippen molar-refractivity contribution in [1.82, 2.24) is 9.88 Å². The monoisotopic (exact) mass is 558 g/mol. The largest absolute Gasteiger partial charge is 0.489 e. The van der Waals surface area contributed by atoms with E-state index in [4.69, 9.17) is 16.3 Å². The molecule has 0 aliphatic carbocycles. The van der Waals surface area contributed by atoms with Gasteiger partial charge in [0.1, 0.15) is 18.4 Å². The third-order valence-corrected chi connectivity index (χ3v) is 7.87. The van der Waals surface area contributed by atoms with Gasteiger partial charge in [-0.2, -0.15) is 10.5 Å². The van der Waals surface area contributed by atoms with Crippen LogP contribution in [0, 0.1) is 22.7 Å². The predicted molar refractivity (Wildman–Crippen MR) is 164 cm³/mol. The molecule has 0 radical (unpaired) electrons. The van der Waals surface area contributed by atoms with E-state index in [1.807, 2.05) is 78.9 Å². The maximum atomic E-state index is 9.99. The molecule has 1 aromatic heterocycles. The quantitative estimate of drug-likeness (QED) is 0.217. The number of aromatic nitrogens is 1. The molecule has 41 heavy (non-hydrogen) atoms. The number of hydrogen-bond acceptors (Lipinski definition) is 5. The fraction of sp³-hybridized carbons (Fsp3) is 0.229. The lowest BCUT2D eigenvalue weighted by Gasteiger charge is -2.33. The van der Waals surface area contributed by atoms with Crippen molar-refractivity contribution in [3.8, 4) is 29.0 Å². The number of benzene rings is 3. The van der Waals surface area contributed by atoms with Gasteiger partial charge in [-0.3, -0.25) is 9.88 Å².